The number of H-pyrrole nitrogens is 1. The molecule has 0 aliphatic rings. The molecule has 1 atom stereocenters. The lowest BCUT2D eigenvalue weighted by atomic mass is 9.92. The second-order valence-electron chi connectivity index (χ2n) is 4.90. The summed E-state index contributed by atoms with van der Waals surface area (Å²) in [6, 6.07) is 1.55. The molecule has 0 aromatic carbocycles. The first-order chi connectivity index (χ1) is 6.84. The lowest BCUT2D eigenvalue weighted by Crippen LogP contribution is -2.23. The molecule has 0 spiro atoms. The number of aromatic nitrogens is 2. The zero-order valence-electron chi connectivity index (χ0n) is 9.79. The molecule has 15 heavy (non-hydrogen) atoms. The molecule has 4 nitrogen and oxygen atoms in total. The van der Waals surface area contributed by atoms with Gasteiger partial charge in [0.2, 0.25) is 0 Å². The normalized spacial score (nSPS) is 13.9. The summed E-state index contributed by atoms with van der Waals surface area (Å²) in [5.41, 5.74) is 6.14. The average molecular weight is 209 g/mol. The van der Waals surface area contributed by atoms with Crippen LogP contribution in [0.5, 0.6) is 0 Å². The van der Waals surface area contributed by atoms with E-state index in [1.165, 1.54) is 0 Å². The Balaban J connectivity index is 3.23. The van der Waals surface area contributed by atoms with Crippen LogP contribution in [0.2, 0.25) is 0 Å². The van der Waals surface area contributed by atoms with E-state index in [0.29, 0.717) is 12.4 Å². The largest absolute Gasteiger partial charge is 0.330 e. The van der Waals surface area contributed by atoms with Crippen molar-refractivity contribution in [3.05, 3.63) is 27.9 Å². The summed E-state index contributed by atoms with van der Waals surface area (Å²) in [5.74, 6) is 0.759. The van der Waals surface area contributed by atoms with Gasteiger partial charge in [0, 0.05) is 23.9 Å². The minimum Gasteiger partial charge on any atom is -0.330 e. The van der Waals surface area contributed by atoms with Gasteiger partial charge in [-0.05, 0) is 0 Å². The van der Waals surface area contributed by atoms with Gasteiger partial charge in [0.25, 0.3) is 5.56 Å². The van der Waals surface area contributed by atoms with Crippen LogP contribution in [0.1, 0.15) is 45.1 Å². The molecule has 0 radical (unpaired) electrons. The molecule has 1 heterocycles. The summed E-state index contributed by atoms with van der Waals surface area (Å²) >= 11 is 0. The van der Waals surface area contributed by atoms with E-state index in [1.807, 2.05) is 27.7 Å². The van der Waals surface area contributed by atoms with Gasteiger partial charge in [-0.15, -0.1) is 0 Å². The van der Waals surface area contributed by atoms with E-state index < -0.39 is 0 Å². The molecular weight excluding hydrogens is 190 g/mol. The Kier molecular flexibility index (Phi) is 3.29. The molecule has 84 valence electrons. The lowest BCUT2D eigenvalue weighted by Gasteiger charge is -2.19. The Hall–Kier alpha value is -1.16. The van der Waals surface area contributed by atoms with E-state index in [1.54, 1.807) is 6.07 Å². The van der Waals surface area contributed by atoms with Crippen molar-refractivity contribution in [1.29, 1.82) is 0 Å². The van der Waals surface area contributed by atoms with Crippen molar-refractivity contribution in [3.8, 4) is 0 Å². The molecule has 0 bridgehead atoms. The summed E-state index contributed by atoms with van der Waals surface area (Å²) in [4.78, 5) is 18.6. The highest BCUT2D eigenvalue weighted by Crippen LogP contribution is 2.19. The molecule has 1 aromatic rings. The molecule has 0 saturated carbocycles. The zero-order valence-corrected chi connectivity index (χ0v) is 9.79. The van der Waals surface area contributed by atoms with Gasteiger partial charge in [0.1, 0.15) is 5.82 Å². The van der Waals surface area contributed by atoms with Gasteiger partial charge in [-0.3, -0.25) is 4.79 Å². The Morgan fingerprint density at radius 1 is 1.53 bits per heavy atom. The minimum atomic E-state index is -0.114. The summed E-state index contributed by atoms with van der Waals surface area (Å²) in [6.45, 7) is 8.53. The van der Waals surface area contributed by atoms with Crippen LogP contribution in [0.3, 0.4) is 0 Å². The van der Waals surface area contributed by atoms with E-state index in [0.717, 1.165) is 5.69 Å². The molecule has 0 aliphatic carbocycles. The highest BCUT2D eigenvalue weighted by molar-refractivity contribution is 5.13. The maximum absolute atomic E-state index is 11.4. The number of nitrogens with one attached hydrogen (secondary N) is 1. The highest BCUT2D eigenvalue weighted by Gasteiger charge is 2.18. The fraction of sp³-hybridized carbons (Fsp3) is 0.636. The average Bonchev–Trinajstić information content (AvgIpc) is 2.14. The van der Waals surface area contributed by atoms with Crippen LogP contribution in [-0.2, 0) is 5.41 Å². The SMILES string of the molecule is CC(CN)c1nc(C(C)(C)C)cc(=O)[nH]1. The molecular formula is C11H19N3O. The van der Waals surface area contributed by atoms with Crippen molar-refractivity contribution >= 4 is 0 Å². The maximum atomic E-state index is 11.4. The van der Waals surface area contributed by atoms with Gasteiger partial charge < -0.3 is 10.7 Å². The number of nitrogens with zero attached hydrogens (tertiary/aromatic N) is 1. The van der Waals surface area contributed by atoms with Crippen LogP contribution >= 0.6 is 0 Å². The quantitative estimate of drug-likeness (QED) is 0.767. The Morgan fingerprint density at radius 2 is 2.13 bits per heavy atom. The number of aromatic amines is 1. The van der Waals surface area contributed by atoms with Crippen molar-refractivity contribution in [1.82, 2.24) is 9.97 Å². The topological polar surface area (TPSA) is 71.8 Å². The van der Waals surface area contributed by atoms with Crippen molar-refractivity contribution in [3.63, 3.8) is 0 Å². The highest BCUT2D eigenvalue weighted by atomic mass is 16.1. The van der Waals surface area contributed by atoms with Gasteiger partial charge in [0.15, 0.2) is 0 Å². The molecule has 0 fully saturated rings. The molecule has 0 saturated heterocycles. The van der Waals surface area contributed by atoms with Gasteiger partial charge in [0.05, 0.1) is 5.69 Å². The first-order valence-electron chi connectivity index (χ1n) is 5.16. The second-order valence-corrected chi connectivity index (χ2v) is 4.90. The molecule has 0 amide bonds. The van der Waals surface area contributed by atoms with Crippen LogP contribution in [0.25, 0.3) is 0 Å². The van der Waals surface area contributed by atoms with Crippen molar-refractivity contribution in [2.24, 2.45) is 5.73 Å². The third kappa shape index (κ3) is 2.89. The van der Waals surface area contributed by atoms with Gasteiger partial charge >= 0.3 is 0 Å². The monoisotopic (exact) mass is 209 g/mol. The van der Waals surface area contributed by atoms with Crippen LogP contribution < -0.4 is 11.3 Å². The smallest absolute Gasteiger partial charge is 0.251 e. The predicted molar refractivity (Wildman–Crippen MR) is 61.0 cm³/mol. The zero-order chi connectivity index (χ0) is 11.6. The molecule has 3 N–H and O–H groups in total. The number of hydrogen-bond donors (Lipinski definition) is 2. The van der Waals surface area contributed by atoms with E-state index in [4.69, 9.17) is 5.73 Å². The number of rotatable bonds is 2. The number of hydrogen-bond acceptors (Lipinski definition) is 3. The summed E-state index contributed by atoms with van der Waals surface area (Å²) in [5, 5.41) is 0. The van der Waals surface area contributed by atoms with Crippen LogP contribution in [-0.4, -0.2) is 16.5 Å². The minimum absolute atomic E-state index is 0.0833. The van der Waals surface area contributed by atoms with E-state index in [2.05, 4.69) is 9.97 Å². The van der Waals surface area contributed by atoms with Crippen molar-refractivity contribution in [2.45, 2.75) is 39.0 Å². The molecule has 4 heteroatoms. The van der Waals surface area contributed by atoms with Crippen molar-refractivity contribution in [2.75, 3.05) is 6.54 Å². The van der Waals surface area contributed by atoms with Crippen LogP contribution in [0.4, 0.5) is 0 Å². The Bertz CT molecular complexity index is 390. The molecule has 1 unspecified atom stereocenters. The second kappa shape index (κ2) is 4.14. The fourth-order valence-electron chi connectivity index (χ4n) is 1.21. The van der Waals surface area contributed by atoms with Gasteiger partial charge in [-0.2, -0.15) is 0 Å². The summed E-state index contributed by atoms with van der Waals surface area (Å²) in [7, 11) is 0. The fourth-order valence-corrected chi connectivity index (χ4v) is 1.21. The van der Waals surface area contributed by atoms with E-state index >= 15 is 0 Å². The number of nitrogens with two attached hydrogens (primary N) is 1. The Morgan fingerprint density at radius 3 is 2.60 bits per heavy atom. The molecule has 1 rings (SSSR count). The maximum Gasteiger partial charge on any atom is 0.251 e. The molecule has 0 aliphatic heterocycles. The van der Waals surface area contributed by atoms with Crippen molar-refractivity contribution < 1.29 is 0 Å². The predicted octanol–water partition coefficient (Wildman–Crippen LogP) is 1.13. The Labute approximate surface area is 89.9 Å². The van der Waals surface area contributed by atoms with Gasteiger partial charge in [-0.25, -0.2) is 4.98 Å². The van der Waals surface area contributed by atoms with Crippen LogP contribution in [0.15, 0.2) is 10.9 Å². The molecule has 1 aromatic heterocycles. The third-order valence-electron chi connectivity index (χ3n) is 2.35. The summed E-state index contributed by atoms with van der Waals surface area (Å²) in [6.07, 6.45) is 0. The summed E-state index contributed by atoms with van der Waals surface area (Å²) < 4.78 is 0. The standard InChI is InChI=1S/C11H19N3O/c1-7(6-12)10-13-8(11(2,3)4)5-9(15)14-10/h5,7H,6,12H2,1-4H3,(H,13,14,15). The van der Waals surface area contributed by atoms with Crippen LogP contribution in [0, 0.1) is 0 Å². The van der Waals surface area contributed by atoms with E-state index in [9.17, 15) is 4.79 Å². The third-order valence-corrected chi connectivity index (χ3v) is 2.35. The van der Waals surface area contributed by atoms with E-state index in [-0.39, 0.29) is 16.9 Å². The lowest BCUT2D eigenvalue weighted by molar-refractivity contribution is 0.554. The van der Waals surface area contributed by atoms with Gasteiger partial charge in [-0.1, -0.05) is 27.7 Å². The first-order valence-corrected chi connectivity index (χ1v) is 5.16. The first kappa shape index (κ1) is 11.9.